The molecule has 0 radical (unpaired) electrons. The number of anilines is 1. The molecule has 1 saturated heterocycles. The zero-order valence-electron chi connectivity index (χ0n) is 13.8. The van der Waals surface area contributed by atoms with Gasteiger partial charge in [-0.05, 0) is 31.0 Å². The molecule has 0 aromatic carbocycles. The van der Waals surface area contributed by atoms with Crippen molar-refractivity contribution in [2.24, 2.45) is 0 Å². The van der Waals surface area contributed by atoms with Gasteiger partial charge < -0.3 is 10.6 Å². The summed E-state index contributed by atoms with van der Waals surface area (Å²) in [6, 6.07) is 5.04. The van der Waals surface area contributed by atoms with Gasteiger partial charge in [0.25, 0.3) is 5.91 Å². The van der Waals surface area contributed by atoms with Gasteiger partial charge in [0.05, 0.1) is 11.5 Å². The van der Waals surface area contributed by atoms with Crippen molar-refractivity contribution in [3.63, 3.8) is 0 Å². The number of sulfone groups is 1. The average Bonchev–Trinajstić information content (AvgIpc) is 2.91. The van der Waals surface area contributed by atoms with Gasteiger partial charge in [-0.15, -0.1) is 0 Å². The fraction of sp³-hybridized carbons (Fsp3) is 0.375. The van der Waals surface area contributed by atoms with Crippen molar-refractivity contribution in [3.8, 4) is 0 Å². The Labute approximate surface area is 146 Å². The number of nitrogens with one attached hydrogen (secondary N) is 2. The second-order valence-electron chi connectivity index (χ2n) is 6.01. The maximum Gasteiger partial charge on any atom is 0.270 e. The van der Waals surface area contributed by atoms with Crippen LogP contribution in [0.15, 0.2) is 30.6 Å². The molecule has 1 fully saturated rings. The van der Waals surface area contributed by atoms with E-state index in [0.717, 1.165) is 5.56 Å². The van der Waals surface area contributed by atoms with Crippen LogP contribution in [0.3, 0.4) is 0 Å². The van der Waals surface area contributed by atoms with E-state index in [4.69, 9.17) is 0 Å². The molecule has 132 valence electrons. The molecule has 9 heteroatoms. The van der Waals surface area contributed by atoms with E-state index in [1.165, 1.54) is 0 Å². The van der Waals surface area contributed by atoms with Crippen LogP contribution in [0.25, 0.3) is 0 Å². The van der Waals surface area contributed by atoms with Crippen molar-refractivity contribution >= 4 is 21.7 Å². The van der Waals surface area contributed by atoms with E-state index in [2.05, 4.69) is 25.6 Å². The highest BCUT2D eigenvalue weighted by atomic mass is 32.2. The van der Waals surface area contributed by atoms with Gasteiger partial charge in [0.1, 0.15) is 5.69 Å². The predicted octanol–water partition coefficient (Wildman–Crippen LogP) is 0.709. The molecule has 1 aliphatic rings. The van der Waals surface area contributed by atoms with E-state index < -0.39 is 9.84 Å². The van der Waals surface area contributed by atoms with Gasteiger partial charge in [0.2, 0.25) is 5.95 Å². The second-order valence-corrected chi connectivity index (χ2v) is 8.24. The SMILES string of the molecule is Cc1cc(C(=O)NCc2cccnc2)nc(NC2CCS(=O)(=O)C2)n1. The van der Waals surface area contributed by atoms with Gasteiger partial charge in [-0.2, -0.15) is 0 Å². The lowest BCUT2D eigenvalue weighted by molar-refractivity contribution is 0.0945. The minimum atomic E-state index is -2.99. The zero-order chi connectivity index (χ0) is 17.9. The number of hydrogen-bond donors (Lipinski definition) is 2. The first kappa shape index (κ1) is 17.3. The molecule has 8 nitrogen and oxygen atoms in total. The number of amides is 1. The van der Waals surface area contributed by atoms with Crippen molar-refractivity contribution in [3.05, 3.63) is 47.5 Å². The molecule has 2 N–H and O–H groups in total. The quantitative estimate of drug-likeness (QED) is 0.806. The third kappa shape index (κ3) is 4.72. The fourth-order valence-electron chi connectivity index (χ4n) is 2.62. The van der Waals surface area contributed by atoms with Gasteiger partial charge in [-0.3, -0.25) is 9.78 Å². The number of carbonyl (C=O) groups is 1. The van der Waals surface area contributed by atoms with E-state index in [1.807, 2.05) is 6.07 Å². The van der Waals surface area contributed by atoms with Gasteiger partial charge in [0, 0.05) is 30.7 Å². The molecule has 2 aromatic heterocycles. The zero-order valence-corrected chi connectivity index (χ0v) is 14.6. The summed E-state index contributed by atoms with van der Waals surface area (Å²) in [7, 11) is -2.99. The maximum absolute atomic E-state index is 12.3. The molecule has 0 bridgehead atoms. The average molecular weight is 361 g/mol. The molecular weight excluding hydrogens is 342 g/mol. The number of hydrogen-bond acceptors (Lipinski definition) is 7. The van der Waals surface area contributed by atoms with Crippen LogP contribution in [0.4, 0.5) is 5.95 Å². The molecule has 0 spiro atoms. The molecule has 1 unspecified atom stereocenters. The maximum atomic E-state index is 12.3. The van der Waals surface area contributed by atoms with Crippen molar-refractivity contribution in [1.82, 2.24) is 20.3 Å². The van der Waals surface area contributed by atoms with E-state index >= 15 is 0 Å². The van der Waals surface area contributed by atoms with E-state index in [1.54, 1.807) is 31.5 Å². The third-order valence-electron chi connectivity index (χ3n) is 3.83. The largest absolute Gasteiger partial charge is 0.350 e. The highest BCUT2D eigenvalue weighted by Gasteiger charge is 2.28. The van der Waals surface area contributed by atoms with Crippen LogP contribution in [-0.4, -0.2) is 46.8 Å². The predicted molar refractivity (Wildman–Crippen MR) is 92.9 cm³/mol. The minimum Gasteiger partial charge on any atom is -0.350 e. The first-order valence-corrected chi connectivity index (χ1v) is 9.73. The summed E-state index contributed by atoms with van der Waals surface area (Å²) in [5, 5.41) is 5.80. The van der Waals surface area contributed by atoms with Crippen LogP contribution < -0.4 is 10.6 Å². The Kier molecular flexibility index (Phi) is 4.93. The van der Waals surface area contributed by atoms with Crippen LogP contribution in [0.2, 0.25) is 0 Å². The van der Waals surface area contributed by atoms with E-state index in [-0.39, 0.29) is 35.1 Å². The number of rotatable bonds is 5. The Balaban J connectivity index is 1.67. The number of aromatic nitrogens is 3. The standard InChI is InChI=1S/C16H19N5O3S/c1-11-7-14(15(22)18-9-12-3-2-5-17-8-12)21-16(19-11)20-13-4-6-25(23,24)10-13/h2-3,5,7-8,13H,4,6,9-10H2,1H3,(H,18,22)(H,19,20,21). The summed E-state index contributed by atoms with van der Waals surface area (Å²) < 4.78 is 23.1. The Bertz CT molecular complexity index is 871. The molecule has 1 amide bonds. The summed E-state index contributed by atoms with van der Waals surface area (Å²) in [4.78, 5) is 24.8. The lowest BCUT2D eigenvalue weighted by atomic mass is 10.2. The number of carbonyl (C=O) groups excluding carboxylic acids is 1. The summed E-state index contributed by atoms with van der Waals surface area (Å²) in [6.07, 6.45) is 3.86. The first-order valence-electron chi connectivity index (χ1n) is 7.91. The molecular formula is C16H19N5O3S. The lowest BCUT2D eigenvalue weighted by Gasteiger charge is -2.12. The van der Waals surface area contributed by atoms with Crippen molar-refractivity contribution in [2.45, 2.75) is 25.9 Å². The first-order chi connectivity index (χ1) is 11.9. The molecule has 25 heavy (non-hydrogen) atoms. The number of pyridine rings is 1. The normalized spacial score (nSPS) is 18.7. The van der Waals surface area contributed by atoms with Gasteiger partial charge >= 0.3 is 0 Å². The van der Waals surface area contributed by atoms with Crippen LogP contribution >= 0.6 is 0 Å². The highest BCUT2D eigenvalue weighted by molar-refractivity contribution is 7.91. The van der Waals surface area contributed by atoms with Crippen molar-refractivity contribution < 1.29 is 13.2 Å². The second kappa shape index (κ2) is 7.14. The van der Waals surface area contributed by atoms with Gasteiger partial charge in [-0.1, -0.05) is 6.07 Å². The number of aryl methyl sites for hydroxylation is 1. The van der Waals surface area contributed by atoms with Crippen LogP contribution in [0.1, 0.15) is 28.2 Å². The van der Waals surface area contributed by atoms with Gasteiger partial charge in [0.15, 0.2) is 9.84 Å². The Morgan fingerprint density at radius 3 is 2.88 bits per heavy atom. The number of nitrogens with zero attached hydrogens (tertiary/aromatic N) is 3. The Morgan fingerprint density at radius 1 is 1.36 bits per heavy atom. The highest BCUT2D eigenvalue weighted by Crippen LogP contribution is 2.16. The summed E-state index contributed by atoms with van der Waals surface area (Å²) in [5.41, 5.74) is 1.75. The lowest BCUT2D eigenvalue weighted by Crippen LogP contribution is -2.26. The topological polar surface area (TPSA) is 114 Å². The van der Waals surface area contributed by atoms with E-state index in [0.29, 0.717) is 18.7 Å². The molecule has 3 rings (SSSR count). The Morgan fingerprint density at radius 2 is 2.20 bits per heavy atom. The van der Waals surface area contributed by atoms with Crippen LogP contribution in [0, 0.1) is 6.92 Å². The molecule has 0 aliphatic carbocycles. The Hall–Kier alpha value is -2.55. The van der Waals surface area contributed by atoms with Crippen molar-refractivity contribution in [2.75, 3.05) is 16.8 Å². The van der Waals surface area contributed by atoms with Crippen LogP contribution in [0.5, 0.6) is 0 Å². The molecule has 2 aromatic rings. The smallest absolute Gasteiger partial charge is 0.270 e. The third-order valence-corrected chi connectivity index (χ3v) is 5.60. The molecule has 3 heterocycles. The fourth-order valence-corrected chi connectivity index (χ4v) is 4.29. The monoisotopic (exact) mass is 361 g/mol. The van der Waals surface area contributed by atoms with Crippen LogP contribution in [-0.2, 0) is 16.4 Å². The van der Waals surface area contributed by atoms with E-state index in [9.17, 15) is 13.2 Å². The van der Waals surface area contributed by atoms with Gasteiger partial charge in [-0.25, -0.2) is 18.4 Å². The summed E-state index contributed by atoms with van der Waals surface area (Å²) in [5.74, 6) is 0.173. The summed E-state index contributed by atoms with van der Waals surface area (Å²) >= 11 is 0. The molecule has 0 saturated carbocycles. The summed E-state index contributed by atoms with van der Waals surface area (Å²) in [6.45, 7) is 2.11. The molecule has 1 aliphatic heterocycles. The van der Waals surface area contributed by atoms with Crippen molar-refractivity contribution in [1.29, 1.82) is 0 Å². The molecule has 1 atom stereocenters. The minimum absolute atomic E-state index is 0.0623.